The van der Waals surface area contributed by atoms with Crippen LogP contribution in [-0.2, 0) is 9.13 Å². The molecule has 0 heterocycles. The van der Waals surface area contributed by atoms with E-state index in [4.69, 9.17) is 19.6 Å². The highest BCUT2D eigenvalue weighted by Crippen LogP contribution is 2.34. The van der Waals surface area contributed by atoms with Crippen LogP contribution in [0.4, 0.5) is 0 Å². The summed E-state index contributed by atoms with van der Waals surface area (Å²) >= 11 is 0. The summed E-state index contributed by atoms with van der Waals surface area (Å²) in [6.07, 6.45) is 11.8. The zero-order chi connectivity index (χ0) is 24.3. The van der Waals surface area contributed by atoms with E-state index in [9.17, 15) is 9.13 Å². The van der Waals surface area contributed by atoms with Crippen molar-refractivity contribution in [2.75, 3.05) is 25.4 Å². The Hall–Kier alpha value is -0.500. The van der Waals surface area contributed by atoms with Crippen LogP contribution < -0.4 is 0 Å². The minimum atomic E-state index is -4.12. The van der Waals surface area contributed by atoms with Crippen molar-refractivity contribution in [2.24, 2.45) is 20.5 Å². The Morgan fingerprint density at radius 3 is 1.25 bits per heavy atom. The Balaban J connectivity index is 5.14. The first-order valence-electron chi connectivity index (χ1n) is 11.9. The third-order valence-corrected chi connectivity index (χ3v) is 6.66. The fraction of sp³-hybridized carbons (Fsp3) is 1.00. The van der Waals surface area contributed by atoms with Crippen molar-refractivity contribution in [1.29, 1.82) is 0 Å². The first-order chi connectivity index (χ1) is 15.1. The average Bonchev–Trinajstić information content (AvgIpc) is 2.69. The largest absolute Gasteiger partial charge is 0.327 e. The van der Waals surface area contributed by atoms with E-state index >= 15 is 0 Å². The molecule has 190 valence electrons. The van der Waals surface area contributed by atoms with Gasteiger partial charge in [-0.3, -0.25) is 9.13 Å². The van der Waals surface area contributed by atoms with Crippen LogP contribution >= 0.6 is 15.2 Å². The lowest BCUT2D eigenvalue weighted by atomic mass is 9.96. The van der Waals surface area contributed by atoms with Crippen molar-refractivity contribution in [1.82, 2.24) is 0 Å². The second-order valence-electron chi connectivity index (χ2n) is 8.28. The summed E-state index contributed by atoms with van der Waals surface area (Å²) in [5.41, 5.74) is 0. The van der Waals surface area contributed by atoms with Crippen molar-refractivity contribution in [3.05, 3.63) is 0 Å². The fourth-order valence-electron chi connectivity index (χ4n) is 3.24. The van der Waals surface area contributed by atoms with Gasteiger partial charge in [0.2, 0.25) is 0 Å². The molecule has 0 amide bonds. The second kappa shape index (κ2) is 18.9. The number of rotatable bonds is 21. The van der Waals surface area contributed by atoms with E-state index in [0.717, 1.165) is 64.2 Å². The lowest BCUT2D eigenvalue weighted by Crippen LogP contribution is -2.23. The smallest absolute Gasteiger partial charge is 0.324 e. The van der Waals surface area contributed by atoms with Crippen LogP contribution in [0.3, 0.4) is 0 Å². The number of hydrogen-bond acceptors (Lipinski definition) is 6. The van der Waals surface area contributed by atoms with Gasteiger partial charge in [-0.1, -0.05) is 78.1 Å². The molecule has 2 atom stereocenters. The summed E-state index contributed by atoms with van der Waals surface area (Å²) in [7, 11) is -8.24. The maximum atomic E-state index is 11.1. The van der Waals surface area contributed by atoms with Gasteiger partial charge in [-0.2, -0.15) is 20.5 Å². The molecule has 4 N–H and O–H groups in total. The summed E-state index contributed by atoms with van der Waals surface area (Å²) < 4.78 is 22.1. The Kier molecular flexibility index (Phi) is 18.6. The lowest BCUT2D eigenvalue weighted by molar-refractivity contribution is 0.369. The first kappa shape index (κ1) is 31.5. The minimum absolute atomic E-state index is 0.0464. The summed E-state index contributed by atoms with van der Waals surface area (Å²) in [6.45, 7) is 4.22. The maximum Gasteiger partial charge on any atom is 0.327 e. The Morgan fingerprint density at radius 1 is 0.594 bits per heavy atom. The molecule has 0 bridgehead atoms. The number of nitrogens with zero attached hydrogens (tertiary/aromatic N) is 4. The van der Waals surface area contributed by atoms with Gasteiger partial charge in [0.05, 0.1) is 37.5 Å². The lowest BCUT2D eigenvalue weighted by Gasteiger charge is -2.19. The van der Waals surface area contributed by atoms with Gasteiger partial charge in [-0.05, 0) is 12.8 Å². The molecular weight excluding hydrogens is 454 g/mol. The average molecular weight is 499 g/mol. The van der Waals surface area contributed by atoms with Gasteiger partial charge >= 0.3 is 15.2 Å². The molecule has 0 saturated heterocycles. The fourth-order valence-corrected chi connectivity index (χ4v) is 3.94. The normalized spacial score (nSPS) is 15.1. The van der Waals surface area contributed by atoms with E-state index in [0.29, 0.717) is 0 Å². The molecule has 0 radical (unpaired) electrons. The number of unbranched alkanes of at least 4 members (excludes halogenated alkanes) is 8. The summed E-state index contributed by atoms with van der Waals surface area (Å²) in [4.78, 5) is 36.1. The van der Waals surface area contributed by atoms with Gasteiger partial charge in [0.25, 0.3) is 0 Å². The van der Waals surface area contributed by atoms with E-state index in [1.165, 1.54) is 12.8 Å². The van der Waals surface area contributed by atoms with Crippen LogP contribution in [0.2, 0.25) is 0 Å². The van der Waals surface area contributed by atoms with Crippen molar-refractivity contribution in [3.8, 4) is 0 Å². The molecule has 2 unspecified atom stereocenters. The van der Waals surface area contributed by atoms with E-state index in [2.05, 4.69) is 34.3 Å². The van der Waals surface area contributed by atoms with Crippen molar-refractivity contribution in [3.63, 3.8) is 0 Å². The SMILES string of the molecule is CCCCCCCC(N=NCCP(=O)(O)O)C(CCCCCCC)N=NCCP(=O)(O)O. The highest BCUT2D eigenvalue weighted by molar-refractivity contribution is 7.52. The Bertz CT molecular complexity index is 557. The molecular formula is C20H44N4O6P2. The standard InChI is InChI=1S/C20H44N4O6P2/c1-3-5-7-9-11-13-19(23-21-15-17-31(25,26)27)20(14-12-10-8-6-4-2)24-22-16-18-32(28,29)30/h19-20H,3-18H2,1-2H3,(H2,25,26,27)(H2,28,29,30). The van der Waals surface area contributed by atoms with Gasteiger partial charge in [-0.15, -0.1) is 0 Å². The molecule has 0 aliphatic heterocycles. The van der Waals surface area contributed by atoms with Crippen molar-refractivity contribution >= 4 is 15.2 Å². The van der Waals surface area contributed by atoms with Gasteiger partial charge in [0.1, 0.15) is 0 Å². The maximum absolute atomic E-state index is 11.1. The van der Waals surface area contributed by atoms with Crippen LogP contribution in [0.1, 0.15) is 90.9 Å². The zero-order valence-electron chi connectivity index (χ0n) is 19.8. The van der Waals surface area contributed by atoms with E-state index in [1.54, 1.807) is 0 Å². The Morgan fingerprint density at radius 2 is 0.938 bits per heavy atom. The first-order valence-corrected chi connectivity index (χ1v) is 15.5. The molecule has 12 heteroatoms. The van der Waals surface area contributed by atoms with E-state index < -0.39 is 15.2 Å². The van der Waals surface area contributed by atoms with Gasteiger partial charge in [-0.25, -0.2) is 0 Å². The molecule has 0 fully saturated rings. The molecule has 10 nitrogen and oxygen atoms in total. The molecule has 0 aromatic carbocycles. The van der Waals surface area contributed by atoms with Crippen LogP contribution in [0, 0.1) is 0 Å². The minimum Gasteiger partial charge on any atom is -0.324 e. The zero-order valence-corrected chi connectivity index (χ0v) is 21.5. The molecule has 0 aromatic heterocycles. The molecule has 32 heavy (non-hydrogen) atoms. The van der Waals surface area contributed by atoms with Crippen LogP contribution in [0.25, 0.3) is 0 Å². The molecule has 0 saturated carbocycles. The van der Waals surface area contributed by atoms with Crippen LogP contribution in [0.5, 0.6) is 0 Å². The highest BCUT2D eigenvalue weighted by Gasteiger charge is 2.21. The van der Waals surface area contributed by atoms with Gasteiger partial charge in [0, 0.05) is 0 Å². The second-order valence-corrected chi connectivity index (χ2v) is 11.8. The highest BCUT2D eigenvalue weighted by atomic mass is 31.2. The predicted molar refractivity (Wildman–Crippen MR) is 128 cm³/mol. The predicted octanol–water partition coefficient (Wildman–Crippen LogP) is 5.70. The molecule has 0 spiro atoms. The van der Waals surface area contributed by atoms with Crippen molar-refractivity contribution < 1.29 is 28.7 Å². The van der Waals surface area contributed by atoms with Crippen LogP contribution in [0.15, 0.2) is 20.5 Å². The molecule has 0 aliphatic rings. The summed E-state index contributed by atoms with van der Waals surface area (Å²) in [5.74, 6) is 0. The molecule has 0 aromatic rings. The molecule has 0 aliphatic carbocycles. The van der Waals surface area contributed by atoms with E-state index in [1.807, 2.05) is 0 Å². The third kappa shape index (κ3) is 21.4. The monoisotopic (exact) mass is 498 g/mol. The Labute approximate surface area is 193 Å². The van der Waals surface area contributed by atoms with Crippen molar-refractivity contribution in [2.45, 2.75) is 103 Å². The number of azo groups is 2. The quantitative estimate of drug-likeness (QED) is 0.0899. The van der Waals surface area contributed by atoms with Crippen LogP contribution in [-0.4, -0.2) is 57.1 Å². The summed E-state index contributed by atoms with van der Waals surface area (Å²) in [6, 6.07) is -0.503. The molecule has 0 rings (SSSR count). The number of hydrogen-bond donors (Lipinski definition) is 4. The van der Waals surface area contributed by atoms with E-state index in [-0.39, 0.29) is 37.5 Å². The summed E-state index contributed by atoms with van der Waals surface area (Å²) in [5, 5.41) is 16.8. The van der Waals surface area contributed by atoms with Gasteiger partial charge in [0.15, 0.2) is 0 Å². The van der Waals surface area contributed by atoms with Gasteiger partial charge < -0.3 is 19.6 Å². The third-order valence-electron chi connectivity index (χ3n) is 5.09. The topological polar surface area (TPSA) is 164 Å².